The van der Waals surface area contributed by atoms with Gasteiger partial charge in [-0.05, 0) is 82.0 Å². The number of fused-ring (bicyclic) bond motifs is 1. The standard InChI is InChI=1S/C36H27BrClFN2O5S/c1-3-45-35(43)30-31(23-7-5-4-6-8-23)40-36-41(32(30)24-11-15-26(39)16-12-24)34(42)29(47-36)19-22-17-27(37)33(28(18-22)44-2)46-20-21-9-13-25(38)14-10-21/h4-19,32H,3,20H2,1-2H3/b29-19-/t32-/m1/s1. The molecule has 47 heavy (non-hydrogen) atoms. The zero-order chi connectivity index (χ0) is 33.1. The van der Waals surface area contributed by atoms with Crippen molar-refractivity contribution in [1.82, 2.24) is 4.57 Å². The monoisotopic (exact) mass is 732 g/mol. The molecule has 4 aromatic carbocycles. The van der Waals surface area contributed by atoms with Crippen molar-refractivity contribution >= 4 is 56.6 Å². The molecule has 238 valence electrons. The van der Waals surface area contributed by atoms with Gasteiger partial charge in [0.25, 0.3) is 5.56 Å². The number of thiazole rings is 1. The van der Waals surface area contributed by atoms with Crippen molar-refractivity contribution in [2.24, 2.45) is 4.99 Å². The highest BCUT2D eigenvalue weighted by molar-refractivity contribution is 9.10. The van der Waals surface area contributed by atoms with E-state index >= 15 is 0 Å². The molecular formula is C36H27BrClFN2O5S. The topological polar surface area (TPSA) is 79.1 Å². The Hall–Kier alpha value is -4.51. The number of hydrogen-bond acceptors (Lipinski definition) is 7. The minimum Gasteiger partial charge on any atom is -0.493 e. The minimum absolute atomic E-state index is 0.126. The van der Waals surface area contributed by atoms with Crippen molar-refractivity contribution < 1.29 is 23.4 Å². The van der Waals surface area contributed by atoms with Gasteiger partial charge in [-0.25, -0.2) is 14.2 Å². The van der Waals surface area contributed by atoms with Crippen LogP contribution in [0.25, 0.3) is 11.8 Å². The van der Waals surface area contributed by atoms with Crippen LogP contribution in [0.15, 0.2) is 111 Å². The molecule has 0 saturated carbocycles. The van der Waals surface area contributed by atoms with E-state index < -0.39 is 17.8 Å². The summed E-state index contributed by atoms with van der Waals surface area (Å²) in [4.78, 5) is 33.0. The molecule has 1 aliphatic heterocycles. The second-order valence-electron chi connectivity index (χ2n) is 10.4. The number of hydrogen-bond donors (Lipinski definition) is 0. The second kappa shape index (κ2) is 14.1. The lowest BCUT2D eigenvalue weighted by molar-refractivity contribution is -0.138. The zero-order valence-corrected chi connectivity index (χ0v) is 28.4. The van der Waals surface area contributed by atoms with Gasteiger partial charge in [-0.3, -0.25) is 9.36 Å². The first-order valence-electron chi connectivity index (χ1n) is 14.6. The molecule has 0 N–H and O–H groups in total. The molecule has 0 fully saturated rings. The second-order valence-corrected chi connectivity index (χ2v) is 12.7. The molecule has 7 nitrogen and oxygen atoms in total. The lowest BCUT2D eigenvalue weighted by Gasteiger charge is -2.25. The van der Waals surface area contributed by atoms with Gasteiger partial charge in [0.05, 0.1) is 40.0 Å². The smallest absolute Gasteiger partial charge is 0.338 e. The summed E-state index contributed by atoms with van der Waals surface area (Å²) in [5.41, 5.74) is 3.04. The Kier molecular flexibility index (Phi) is 9.72. The fourth-order valence-corrected chi connectivity index (χ4v) is 6.95. The summed E-state index contributed by atoms with van der Waals surface area (Å²) < 4.78 is 33.7. The third kappa shape index (κ3) is 6.81. The number of ether oxygens (including phenoxy) is 3. The first kappa shape index (κ1) is 32.4. The number of aromatic nitrogens is 1. The summed E-state index contributed by atoms with van der Waals surface area (Å²) in [5, 5.41) is 0.638. The van der Waals surface area contributed by atoms with Crippen LogP contribution in [0.2, 0.25) is 5.02 Å². The van der Waals surface area contributed by atoms with Crippen LogP contribution >= 0.6 is 38.9 Å². The Balaban J connectivity index is 1.48. The summed E-state index contributed by atoms with van der Waals surface area (Å²) in [6, 6.07) is 25.0. The summed E-state index contributed by atoms with van der Waals surface area (Å²) in [7, 11) is 1.54. The van der Waals surface area contributed by atoms with Gasteiger partial charge in [0.1, 0.15) is 12.4 Å². The predicted octanol–water partition coefficient (Wildman–Crippen LogP) is 7.08. The molecule has 0 bridgehead atoms. The first-order valence-corrected chi connectivity index (χ1v) is 16.5. The fraction of sp³-hybridized carbons (Fsp3) is 0.139. The van der Waals surface area contributed by atoms with E-state index in [4.69, 9.17) is 30.8 Å². The van der Waals surface area contributed by atoms with Crippen LogP contribution in [0, 0.1) is 5.82 Å². The zero-order valence-electron chi connectivity index (χ0n) is 25.2. The Morgan fingerprint density at radius 2 is 1.79 bits per heavy atom. The van der Waals surface area contributed by atoms with Crippen molar-refractivity contribution in [2.45, 2.75) is 19.6 Å². The molecule has 0 aliphatic carbocycles. The highest BCUT2D eigenvalue weighted by atomic mass is 79.9. The Morgan fingerprint density at radius 1 is 1.06 bits per heavy atom. The molecule has 2 heterocycles. The highest BCUT2D eigenvalue weighted by Gasteiger charge is 2.35. The van der Waals surface area contributed by atoms with Crippen molar-refractivity contribution in [1.29, 1.82) is 0 Å². The number of esters is 1. The number of methoxy groups -OCH3 is 1. The highest BCUT2D eigenvalue weighted by Crippen LogP contribution is 2.38. The quantitative estimate of drug-likeness (QED) is 0.152. The van der Waals surface area contributed by atoms with E-state index in [-0.39, 0.29) is 17.7 Å². The first-order chi connectivity index (χ1) is 22.8. The lowest BCUT2D eigenvalue weighted by Crippen LogP contribution is -2.40. The molecule has 1 aliphatic rings. The van der Waals surface area contributed by atoms with E-state index in [1.165, 1.54) is 28.0 Å². The molecule has 5 aromatic rings. The maximum absolute atomic E-state index is 14.2. The van der Waals surface area contributed by atoms with Crippen LogP contribution in [-0.2, 0) is 16.1 Å². The number of rotatable bonds is 9. The minimum atomic E-state index is -0.909. The van der Waals surface area contributed by atoms with Gasteiger partial charge in [-0.2, -0.15) is 0 Å². The largest absolute Gasteiger partial charge is 0.493 e. The van der Waals surface area contributed by atoms with E-state index in [2.05, 4.69) is 15.9 Å². The molecule has 0 amide bonds. The van der Waals surface area contributed by atoms with Gasteiger partial charge in [0, 0.05) is 10.6 Å². The van der Waals surface area contributed by atoms with E-state index in [0.717, 1.165) is 5.56 Å². The average Bonchev–Trinajstić information content (AvgIpc) is 3.38. The molecule has 11 heteroatoms. The van der Waals surface area contributed by atoms with Crippen LogP contribution in [0.4, 0.5) is 4.39 Å². The van der Waals surface area contributed by atoms with E-state index in [0.29, 0.717) is 59.3 Å². The summed E-state index contributed by atoms with van der Waals surface area (Å²) in [6.07, 6.45) is 1.73. The lowest BCUT2D eigenvalue weighted by atomic mass is 9.93. The summed E-state index contributed by atoms with van der Waals surface area (Å²) >= 11 is 10.8. The molecule has 0 unspecified atom stereocenters. The van der Waals surface area contributed by atoms with Crippen LogP contribution in [0.3, 0.4) is 0 Å². The molecule has 0 saturated heterocycles. The maximum Gasteiger partial charge on any atom is 0.338 e. The van der Waals surface area contributed by atoms with Gasteiger partial charge in [-0.15, -0.1) is 0 Å². The van der Waals surface area contributed by atoms with Crippen LogP contribution in [0.5, 0.6) is 11.5 Å². The molecular weight excluding hydrogens is 707 g/mol. The van der Waals surface area contributed by atoms with Gasteiger partial charge in [0.2, 0.25) is 0 Å². The van der Waals surface area contributed by atoms with Crippen molar-refractivity contribution in [3.63, 3.8) is 0 Å². The van der Waals surface area contributed by atoms with Crippen LogP contribution in [0.1, 0.15) is 35.2 Å². The average molecular weight is 734 g/mol. The van der Waals surface area contributed by atoms with E-state index in [9.17, 15) is 14.0 Å². The molecule has 0 spiro atoms. The van der Waals surface area contributed by atoms with E-state index in [1.807, 2.05) is 48.5 Å². The maximum atomic E-state index is 14.2. The number of nitrogens with zero attached hydrogens (tertiary/aromatic N) is 2. The number of benzene rings is 4. The van der Waals surface area contributed by atoms with Gasteiger partial charge < -0.3 is 14.2 Å². The number of halogens is 3. The fourth-order valence-electron chi connectivity index (χ4n) is 5.25. The van der Waals surface area contributed by atoms with E-state index in [1.54, 1.807) is 50.4 Å². The van der Waals surface area contributed by atoms with Crippen LogP contribution in [-0.4, -0.2) is 24.3 Å². The normalized spacial score (nSPS) is 14.4. The SMILES string of the molecule is CCOC(=O)C1=C(c2ccccc2)N=c2s/c(=C\c3cc(Br)c(OCc4ccc(Cl)cc4)c(OC)c3)c(=O)n2[C@@H]1c1ccc(F)cc1. The van der Waals surface area contributed by atoms with Gasteiger partial charge >= 0.3 is 5.97 Å². The molecule has 1 atom stereocenters. The molecule has 6 rings (SSSR count). The number of carbonyl (C=O) groups is 1. The third-order valence-corrected chi connectivity index (χ3v) is 9.23. The van der Waals surface area contributed by atoms with Gasteiger partial charge in [0.15, 0.2) is 16.3 Å². The third-order valence-electron chi connectivity index (χ3n) is 7.41. The summed E-state index contributed by atoms with van der Waals surface area (Å²) in [5.74, 6) is -0.0794. The predicted molar refractivity (Wildman–Crippen MR) is 184 cm³/mol. The Bertz CT molecular complexity index is 2160. The Morgan fingerprint density at radius 3 is 2.47 bits per heavy atom. The molecule has 0 radical (unpaired) electrons. The molecule has 1 aromatic heterocycles. The van der Waals surface area contributed by atoms with Crippen LogP contribution < -0.4 is 24.4 Å². The van der Waals surface area contributed by atoms with Crippen molar-refractivity contribution in [3.8, 4) is 11.5 Å². The van der Waals surface area contributed by atoms with Crippen molar-refractivity contribution in [2.75, 3.05) is 13.7 Å². The van der Waals surface area contributed by atoms with Crippen molar-refractivity contribution in [3.05, 3.63) is 154 Å². The summed E-state index contributed by atoms with van der Waals surface area (Å²) in [6.45, 7) is 2.13. The van der Waals surface area contributed by atoms with Gasteiger partial charge in [-0.1, -0.05) is 77.5 Å². The number of carbonyl (C=O) groups excluding carboxylic acids is 1. The Labute approximate surface area is 287 Å².